The van der Waals surface area contributed by atoms with Crippen molar-refractivity contribution in [3.05, 3.63) is 221 Å². The second kappa shape index (κ2) is 15.8. The molecule has 0 saturated carbocycles. The van der Waals surface area contributed by atoms with Crippen molar-refractivity contribution >= 4 is 71.7 Å². The van der Waals surface area contributed by atoms with E-state index in [9.17, 15) is 4.39 Å². The largest absolute Gasteiger partial charge is 0.456 e. The zero-order valence-corrected chi connectivity index (χ0v) is 35.8. The average molecular weight is 826 g/mol. The Kier molecular flexibility index (Phi) is 9.91. The number of anilines is 3. The molecule has 11 aromatic rings. The summed E-state index contributed by atoms with van der Waals surface area (Å²) in [5.41, 5.74) is 13.9. The molecule has 0 bridgehead atoms. The van der Waals surface area contributed by atoms with Crippen molar-refractivity contribution in [1.29, 1.82) is 0 Å². The van der Waals surface area contributed by atoms with Gasteiger partial charge in [0.15, 0.2) is 0 Å². The topological polar surface area (TPSA) is 29.5 Å². The predicted molar refractivity (Wildman–Crippen MR) is 258 cm³/mol. The fourth-order valence-corrected chi connectivity index (χ4v) is 9.14. The highest BCUT2D eigenvalue weighted by molar-refractivity contribution is 6.11. The van der Waals surface area contributed by atoms with Gasteiger partial charge in [0.25, 0.3) is 0 Å². The van der Waals surface area contributed by atoms with E-state index in [1.807, 2.05) is 60.7 Å². The molecule has 3 nitrogen and oxygen atoms in total. The van der Waals surface area contributed by atoms with Crippen molar-refractivity contribution in [2.45, 2.75) is 40.0 Å². The molecule has 0 saturated heterocycles. The Hall–Kier alpha value is -7.50. The molecule has 1 aliphatic rings. The van der Waals surface area contributed by atoms with Crippen LogP contribution in [0.25, 0.3) is 65.8 Å². The molecule has 0 unspecified atom stereocenters. The molecule has 12 rings (SSSR count). The Balaban J connectivity index is 0.000000174. The maximum Gasteiger partial charge on any atom is 0.147 e. The Bertz CT molecular complexity index is 3500. The smallest absolute Gasteiger partial charge is 0.147 e. The van der Waals surface area contributed by atoms with Crippen molar-refractivity contribution in [1.82, 2.24) is 0 Å². The van der Waals surface area contributed by atoms with Crippen LogP contribution >= 0.6 is 0 Å². The fourth-order valence-electron chi connectivity index (χ4n) is 9.14. The lowest BCUT2D eigenvalue weighted by Crippen LogP contribution is -2.17. The third-order valence-corrected chi connectivity index (χ3v) is 12.4. The number of halogens is 2. The van der Waals surface area contributed by atoms with Gasteiger partial charge in [-0.3, -0.25) is 0 Å². The Labute approximate surface area is 365 Å². The number of nitrogens with zero attached hydrogens (tertiary/aromatic N) is 1. The first-order chi connectivity index (χ1) is 30.6. The van der Waals surface area contributed by atoms with Crippen LogP contribution in [0.2, 0.25) is 0 Å². The summed E-state index contributed by atoms with van der Waals surface area (Å²) in [5.74, 6) is -0.410. The highest BCUT2D eigenvalue weighted by Crippen LogP contribution is 2.55. The maximum atomic E-state index is 15.7. The molecular weight excluding hydrogens is 781 g/mol. The molecule has 0 amide bonds. The first-order valence-electron chi connectivity index (χ1n) is 21.3. The minimum Gasteiger partial charge on any atom is -0.456 e. The van der Waals surface area contributed by atoms with E-state index in [1.54, 1.807) is 25.1 Å². The summed E-state index contributed by atoms with van der Waals surface area (Å²) in [6.45, 7) is 10.6. The summed E-state index contributed by atoms with van der Waals surface area (Å²) in [6, 6.07) is 60.0. The summed E-state index contributed by atoms with van der Waals surface area (Å²) < 4.78 is 40.0. The van der Waals surface area contributed by atoms with Gasteiger partial charge in [-0.15, -0.1) is 0 Å². The Morgan fingerprint density at radius 2 is 0.937 bits per heavy atom. The molecule has 0 atom stereocenters. The minimum atomic E-state index is -0.278. The van der Waals surface area contributed by atoms with Crippen LogP contribution in [0, 0.1) is 32.4 Å². The van der Waals surface area contributed by atoms with Gasteiger partial charge in [0.2, 0.25) is 0 Å². The number of hydrogen-bond acceptors (Lipinski definition) is 3. The van der Waals surface area contributed by atoms with Crippen LogP contribution in [0.15, 0.2) is 191 Å². The van der Waals surface area contributed by atoms with Gasteiger partial charge < -0.3 is 13.7 Å². The minimum absolute atomic E-state index is 0.132. The van der Waals surface area contributed by atoms with E-state index in [0.29, 0.717) is 11.3 Å². The Morgan fingerprint density at radius 1 is 0.413 bits per heavy atom. The van der Waals surface area contributed by atoms with Gasteiger partial charge in [0, 0.05) is 38.4 Å². The van der Waals surface area contributed by atoms with Crippen molar-refractivity contribution < 1.29 is 17.6 Å². The molecule has 0 N–H and O–H groups in total. The van der Waals surface area contributed by atoms with Gasteiger partial charge in [-0.25, -0.2) is 8.78 Å². The monoisotopic (exact) mass is 825 g/mol. The van der Waals surface area contributed by atoms with Crippen molar-refractivity contribution in [2.24, 2.45) is 0 Å². The highest BCUT2D eigenvalue weighted by Gasteiger charge is 2.38. The van der Waals surface area contributed by atoms with Crippen LogP contribution in [0.4, 0.5) is 25.8 Å². The number of hydrogen-bond donors (Lipinski definition) is 0. The van der Waals surface area contributed by atoms with Gasteiger partial charge in [0.1, 0.15) is 34.0 Å². The number of aryl methyl sites for hydroxylation is 3. The van der Waals surface area contributed by atoms with E-state index < -0.39 is 0 Å². The standard InChI is InChI=1S/C38H28FNO.C13H10O.C7H7F/c1-23-16-18-29-30(20-23)38(2,3)31-22-34(25-10-4-5-12-28(25)37(29)31)40(33-14-8-7-13-32(33)39)24-17-19-27-26-11-6-9-15-35(26)41-36(27)21-24;1-9-6-7-11-10-4-2-3-5-12(10)14-13(11)8-9;1-6-4-2-3-5-7(6)8/h4-22H,1-3H3;2-8H,1H3;2-5H,1H3. The molecule has 0 fully saturated rings. The molecule has 63 heavy (non-hydrogen) atoms. The van der Waals surface area contributed by atoms with Crippen LogP contribution < -0.4 is 4.90 Å². The molecule has 308 valence electrons. The lowest BCUT2D eigenvalue weighted by Gasteiger charge is -2.30. The molecule has 1 aliphatic carbocycles. The fraction of sp³-hybridized carbons (Fsp3) is 0.103. The van der Waals surface area contributed by atoms with E-state index in [0.717, 1.165) is 49.9 Å². The van der Waals surface area contributed by atoms with Crippen molar-refractivity contribution in [2.75, 3.05) is 4.90 Å². The van der Waals surface area contributed by atoms with Gasteiger partial charge in [-0.2, -0.15) is 0 Å². The summed E-state index contributed by atoms with van der Waals surface area (Å²) >= 11 is 0. The first kappa shape index (κ1) is 39.6. The predicted octanol–water partition coefficient (Wildman–Crippen LogP) is 17.0. The summed E-state index contributed by atoms with van der Waals surface area (Å²) in [6.07, 6.45) is 0. The zero-order chi connectivity index (χ0) is 43.4. The van der Waals surface area contributed by atoms with Crippen molar-refractivity contribution in [3.63, 3.8) is 0 Å². The van der Waals surface area contributed by atoms with Gasteiger partial charge in [-0.05, 0) is 114 Å². The summed E-state index contributed by atoms with van der Waals surface area (Å²) in [4.78, 5) is 2.05. The van der Waals surface area contributed by atoms with E-state index in [1.165, 1.54) is 61.7 Å². The number of para-hydroxylation sites is 3. The number of furan rings is 2. The summed E-state index contributed by atoms with van der Waals surface area (Å²) in [5, 5.41) is 6.76. The normalized spacial score (nSPS) is 12.5. The molecule has 0 spiro atoms. The lowest BCUT2D eigenvalue weighted by atomic mass is 9.81. The van der Waals surface area contributed by atoms with Crippen molar-refractivity contribution in [3.8, 4) is 11.1 Å². The molecule has 9 aromatic carbocycles. The zero-order valence-electron chi connectivity index (χ0n) is 35.8. The average Bonchev–Trinajstić information content (AvgIpc) is 3.92. The highest BCUT2D eigenvalue weighted by atomic mass is 19.1. The van der Waals surface area contributed by atoms with E-state index in [4.69, 9.17) is 8.83 Å². The van der Waals surface area contributed by atoms with E-state index >= 15 is 4.39 Å². The molecule has 0 aliphatic heterocycles. The quantitative estimate of drug-likeness (QED) is 0.178. The van der Waals surface area contributed by atoms with Gasteiger partial charge >= 0.3 is 0 Å². The van der Waals surface area contributed by atoms with Crippen LogP contribution in [-0.2, 0) is 5.41 Å². The third kappa shape index (κ3) is 7.00. The van der Waals surface area contributed by atoms with Crippen LogP contribution in [0.5, 0.6) is 0 Å². The van der Waals surface area contributed by atoms with E-state index in [2.05, 4.69) is 124 Å². The number of benzene rings is 9. The molecule has 0 radical (unpaired) electrons. The van der Waals surface area contributed by atoms with Crippen LogP contribution in [-0.4, -0.2) is 0 Å². The lowest BCUT2D eigenvalue weighted by molar-refractivity contribution is 0.618. The second-order valence-electron chi connectivity index (χ2n) is 17.0. The van der Waals surface area contributed by atoms with Gasteiger partial charge in [0.05, 0.1) is 17.1 Å². The third-order valence-electron chi connectivity index (χ3n) is 12.4. The number of rotatable bonds is 3. The SMILES string of the molecule is Cc1ccc2c(c1)C(C)(C)c1cc(N(c3ccc4c(c3)oc3ccccc34)c3ccccc3F)c3ccccc3c1-2.Cc1ccc2c(c1)oc1ccccc12.Cc1ccccc1F. The molecule has 5 heteroatoms. The number of fused-ring (bicyclic) bond motifs is 11. The molecule has 2 aromatic heterocycles. The Morgan fingerprint density at radius 3 is 1.59 bits per heavy atom. The second-order valence-corrected chi connectivity index (χ2v) is 17.0. The first-order valence-corrected chi connectivity index (χ1v) is 21.3. The van der Waals surface area contributed by atoms with Gasteiger partial charge in [-0.1, -0.05) is 141 Å². The van der Waals surface area contributed by atoms with Crippen LogP contribution in [0.1, 0.15) is 41.7 Å². The molecule has 2 heterocycles. The van der Waals surface area contributed by atoms with Crippen LogP contribution in [0.3, 0.4) is 0 Å². The maximum absolute atomic E-state index is 15.7. The molecular formula is C58H45F2NO2. The van der Waals surface area contributed by atoms with E-state index in [-0.39, 0.29) is 17.0 Å². The summed E-state index contributed by atoms with van der Waals surface area (Å²) in [7, 11) is 0.